The second kappa shape index (κ2) is 33.6. The van der Waals surface area contributed by atoms with Crippen LogP contribution in [0.15, 0.2) is 108 Å². The third kappa shape index (κ3) is 17.0. The van der Waals surface area contributed by atoms with E-state index in [-0.39, 0.29) is 111 Å². The van der Waals surface area contributed by atoms with E-state index in [4.69, 9.17) is 36.3 Å². The Labute approximate surface area is 659 Å². The molecule has 0 radical (unpaired) electrons. The number of aryl methyl sites for hydroxylation is 1. The van der Waals surface area contributed by atoms with E-state index in [0.717, 1.165) is 92.8 Å². The molecule has 8 amide bonds. The number of amides is 8. The van der Waals surface area contributed by atoms with Gasteiger partial charge in [0.1, 0.15) is 108 Å². The molecule has 114 heavy (non-hydrogen) atoms. The summed E-state index contributed by atoms with van der Waals surface area (Å²) in [7, 11) is -3.41. The monoisotopic (exact) mass is 1610 g/mol. The zero-order valence-electron chi connectivity index (χ0n) is 62.2. The topological polar surface area (TPSA) is 524 Å². The van der Waals surface area contributed by atoms with Gasteiger partial charge in [-0.25, -0.2) is 13.1 Å². The molecule has 608 valence electrons. The van der Waals surface area contributed by atoms with Gasteiger partial charge in [0.25, 0.3) is 10.0 Å². The fraction of sp³-hybridized carbons (Fsp3) is 0.443. The number of sulfonamides is 1. The predicted molar refractivity (Wildman–Crippen MR) is 404 cm³/mol. The number of phenolic OH excluding ortho intramolecular Hbond substituents is 3. The van der Waals surface area contributed by atoms with Gasteiger partial charge in [0.15, 0.2) is 11.5 Å². The van der Waals surface area contributed by atoms with Crippen LogP contribution in [0.1, 0.15) is 129 Å². The molecule has 20 N–H and O–H groups in total. The summed E-state index contributed by atoms with van der Waals surface area (Å²) in [5.74, 6) is -14.1. The Hall–Kier alpha value is -10.4. The molecular formula is C79H91ClN10O23S. The highest BCUT2D eigenvalue weighted by molar-refractivity contribution is 7.90. The number of aliphatic hydroxyl groups is 6. The maximum atomic E-state index is 16.4. The number of hydrogen-bond donors (Lipinski definition) is 19. The van der Waals surface area contributed by atoms with Crippen molar-refractivity contribution in [3.63, 3.8) is 0 Å². The van der Waals surface area contributed by atoms with Crippen molar-refractivity contribution in [3.8, 4) is 62.9 Å². The standard InChI is InChI=1S/C79H91ClN10O23S/c1-33(2)17-50(82-4)73(101)88-65-67(96)38-6-13-54(34(3)18-38)111-57-26-42-27-58(72(57)113-56-28-43(32-91)69(98)71(100)70(56)99)112-55-14-7-39(25-49(55)80)68(97)66-79(107)87-64(77(105)84-61-40-20-35-19-36(22-40)23-41(61)21-35)48-29-44(92)30-53(94)60(48)47-24-37(5-12-52(47)93)62(75(103)89-66)86-76(104)63(42)85-74(102)51(83-78(65)106)31-59(95)90-114(108,109)46-10-8-45(9-11-46)110-16-15-81/h5-14,18,24-27,29-30,33,35-36,40-41,43,50-51,56,61-71,82,91-94,96-100H,15-17,19-23,28,31-32,81H2,1-4H3,(H,83,106)(H,84,105)(H,85,102)(H,86,104)(H,87,107)(H,88,101)(H,89,103)(H,90,95)/t35?,36?,40?,41?,43-,50-,51+,56-,61?,62-,63-,64+,65-,66+,67-,68-,69-,70+,71+/m1/s1. The lowest BCUT2D eigenvalue weighted by atomic mass is 9.54. The third-order valence-corrected chi connectivity index (χ3v) is 24.1. The molecule has 5 heterocycles. The molecule has 33 nitrogen and oxygen atoms in total. The van der Waals surface area contributed by atoms with E-state index >= 15 is 28.8 Å². The van der Waals surface area contributed by atoms with Gasteiger partial charge in [0.05, 0.1) is 28.5 Å². The van der Waals surface area contributed by atoms with Crippen molar-refractivity contribution in [2.45, 2.75) is 162 Å². The van der Waals surface area contributed by atoms with Gasteiger partial charge >= 0.3 is 0 Å². The average molecular weight is 1620 g/mol. The lowest BCUT2D eigenvalue weighted by molar-refractivity contribution is -0.157. The van der Waals surface area contributed by atoms with Crippen LogP contribution in [0.4, 0.5) is 0 Å². The fourth-order valence-corrected chi connectivity index (χ4v) is 18.1. The Morgan fingerprint density at radius 2 is 1.28 bits per heavy atom. The molecule has 5 fully saturated rings. The van der Waals surface area contributed by atoms with Crippen molar-refractivity contribution in [2.75, 3.05) is 26.8 Å². The number of ether oxygens (including phenoxy) is 4. The van der Waals surface area contributed by atoms with Gasteiger partial charge in [-0.1, -0.05) is 43.6 Å². The summed E-state index contributed by atoms with van der Waals surface area (Å²) >= 11 is 7.18. The largest absolute Gasteiger partial charge is 0.508 e. The molecule has 6 aromatic rings. The van der Waals surface area contributed by atoms with Gasteiger partial charge < -0.3 is 113 Å². The third-order valence-electron chi connectivity index (χ3n) is 22.5. The van der Waals surface area contributed by atoms with Crippen LogP contribution in [0.25, 0.3) is 11.1 Å². The average Bonchev–Trinajstić information content (AvgIpc) is 0.763. The zero-order chi connectivity index (χ0) is 81.6. The minimum Gasteiger partial charge on any atom is -0.508 e. The summed E-state index contributed by atoms with van der Waals surface area (Å²) in [6.45, 7) is 4.58. The Kier molecular flexibility index (Phi) is 24.0. The summed E-state index contributed by atoms with van der Waals surface area (Å²) < 4.78 is 55.6. The van der Waals surface area contributed by atoms with Crippen LogP contribution >= 0.6 is 11.6 Å². The number of rotatable bonds is 17. The molecule has 5 aliphatic carbocycles. The number of carbonyl (C=O) groups is 8. The molecule has 0 unspecified atom stereocenters. The lowest BCUT2D eigenvalue weighted by Crippen LogP contribution is -2.59. The number of phenols is 3. The summed E-state index contributed by atoms with van der Waals surface area (Å²) in [5.41, 5.74) is 3.69. The zero-order valence-corrected chi connectivity index (χ0v) is 63.8. The number of benzene rings is 6. The SMILES string of the molecule is CN[C@H](CC(C)C)C(=O)N[C@H]1C(=O)N[C@@H](CC(=O)NS(=O)(=O)c2ccc(OCCN)cc2)C(=O)N[C@H]2C(=O)N[C@H]3C(=O)N[C@H](C(=O)N[C@H](C(=O)NC4C5CC6CC(C5)CC4C6)c4cc(O)cc(O)c4-c4cc3ccc4O)[C@H](O)c3ccc(c(Cl)c3)Oc3cc2cc(c3O[C@@H]2C[C@H](CO)[C@@H](O)[C@H](O)[C@H]2O)Oc2ccc(cc2C)[C@H]1O. The van der Waals surface area contributed by atoms with Crippen LogP contribution in [-0.4, -0.2) is 183 Å². The first-order valence-corrected chi connectivity index (χ1v) is 39.4. The van der Waals surface area contributed by atoms with Gasteiger partial charge in [0.2, 0.25) is 53.0 Å². The molecule has 0 spiro atoms. The normalized spacial score (nSPS) is 28.2. The van der Waals surface area contributed by atoms with E-state index in [2.05, 4.69) is 42.5 Å². The number of nitrogens with one attached hydrogen (secondary N) is 9. The van der Waals surface area contributed by atoms with Crippen LogP contribution in [0, 0.1) is 42.4 Å². The highest BCUT2D eigenvalue weighted by Gasteiger charge is 2.51. The van der Waals surface area contributed by atoms with Gasteiger partial charge in [-0.15, -0.1) is 0 Å². The Morgan fingerprint density at radius 1 is 0.649 bits per heavy atom. The second-order valence-corrected chi connectivity index (χ2v) is 32.9. The number of aromatic hydroxyl groups is 3. The number of carbonyl (C=O) groups excluding carboxylic acids is 8. The molecule has 16 rings (SSSR count). The minimum absolute atomic E-state index is 0.0607. The van der Waals surface area contributed by atoms with Crippen molar-refractivity contribution >= 4 is 68.9 Å². The van der Waals surface area contributed by atoms with Crippen molar-refractivity contribution in [3.05, 3.63) is 142 Å². The summed E-state index contributed by atoms with van der Waals surface area (Å²) in [5, 5.41) is 126. The van der Waals surface area contributed by atoms with Crippen LogP contribution in [0.5, 0.6) is 51.7 Å². The fourth-order valence-electron chi connectivity index (χ4n) is 16.9. The molecule has 10 aliphatic rings. The first-order chi connectivity index (χ1) is 54.3. The molecule has 6 aromatic carbocycles. The van der Waals surface area contributed by atoms with Crippen molar-refractivity contribution in [1.29, 1.82) is 0 Å². The smallest absolute Gasteiger partial charge is 0.264 e. The number of hydrogen-bond acceptors (Lipinski definition) is 25. The van der Waals surface area contributed by atoms with Crippen molar-refractivity contribution in [2.24, 2.45) is 41.2 Å². The molecule has 0 aromatic heterocycles. The molecule has 15 bridgehead atoms. The van der Waals surface area contributed by atoms with Crippen LogP contribution in [0.3, 0.4) is 0 Å². The summed E-state index contributed by atoms with van der Waals surface area (Å²) in [6, 6.07) is 5.19. The Morgan fingerprint density at radius 3 is 1.92 bits per heavy atom. The van der Waals surface area contributed by atoms with Gasteiger partial charge in [0, 0.05) is 42.3 Å². The molecule has 14 atom stereocenters. The number of likely N-dealkylation sites (N-methyl/N-ethyl adjacent to an activating group) is 1. The van der Waals surface area contributed by atoms with E-state index in [0.29, 0.717) is 11.8 Å². The molecule has 5 saturated carbocycles. The van der Waals surface area contributed by atoms with Gasteiger partial charge in [-0.2, -0.15) is 0 Å². The first kappa shape index (κ1) is 81.6. The van der Waals surface area contributed by atoms with E-state index in [1.807, 2.05) is 18.6 Å². The number of aliphatic hydroxyl groups excluding tert-OH is 6. The van der Waals surface area contributed by atoms with Gasteiger partial charge in [-0.05, 0) is 201 Å². The van der Waals surface area contributed by atoms with Gasteiger partial charge in [-0.3, -0.25) is 38.4 Å². The second-order valence-electron chi connectivity index (χ2n) is 30.8. The number of halogens is 1. The van der Waals surface area contributed by atoms with Crippen LogP contribution in [-0.2, 0) is 48.4 Å². The molecule has 35 heteroatoms. The van der Waals surface area contributed by atoms with Crippen molar-refractivity contribution in [1.82, 2.24) is 47.3 Å². The van der Waals surface area contributed by atoms with Crippen molar-refractivity contribution < 1.29 is 112 Å². The van der Waals surface area contributed by atoms with E-state index in [1.165, 1.54) is 56.4 Å². The van der Waals surface area contributed by atoms with E-state index < -0.39 is 200 Å². The van der Waals surface area contributed by atoms with E-state index in [9.17, 15) is 64.0 Å². The predicted octanol–water partition coefficient (Wildman–Crippen LogP) is 2.40. The summed E-state index contributed by atoms with van der Waals surface area (Å²) in [6.07, 6.45) is -8.52. The Bertz CT molecular complexity index is 4830. The van der Waals surface area contributed by atoms with Crippen LogP contribution in [0.2, 0.25) is 5.02 Å². The Balaban J connectivity index is 1.00. The van der Waals surface area contributed by atoms with Crippen LogP contribution < -0.4 is 71.9 Å². The minimum atomic E-state index is -4.88. The quantitative estimate of drug-likeness (QED) is 0.0623. The highest BCUT2D eigenvalue weighted by Crippen LogP contribution is 2.55. The first-order valence-electron chi connectivity index (χ1n) is 37.6. The molecular weight excluding hydrogens is 1520 g/mol. The maximum absolute atomic E-state index is 16.4. The molecule has 5 aliphatic heterocycles. The summed E-state index contributed by atoms with van der Waals surface area (Å²) in [4.78, 5) is 123. The maximum Gasteiger partial charge on any atom is 0.264 e. The molecule has 0 saturated heterocycles. The van der Waals surface area contributed by atoms with E-state index in [1.54, 1.807) is 0 Å². The number of fused-ring (bicyclic) bond motifs is 15. The lowest BCUT2D eigenvalue weighted by Gasteiger charge is -2.54. The highest BCUT2D eigenvalue weighted by atomic mass is 35.5. The number of nitrogens with two attached hydrogens (primary N) is 1.